The molecule has 1 heterocycles. The van der Waals surface area contributed by atoms with Gasteiger partial charge in [0.2, 0.25) is 0 Å². The molecule has 1 fully saturated rings. The SMILES string of the molecule is Cc1cc(C(=O)N2C[C@@H](CN)[C@H](c3ccccc3)C2)ccc1[N+](=O)[O-].Cl. The number of benzene rings is 2. The van der Waals surface area contributed by atoms with Crippen LogP contribution in [0.4, 0.5) is 5.69 Å². The number of hydrogen-bond acceptors (Lipinski definition) is 4. The van der Waals surface area contributed by atoms with Crippen molar-refractivity contribution >= 4 is 24.0 Å². The quantitative estimate of drug-likeness (QED) is 0.656. The van der Waals surface area contributed by atoms with Gasteiger partial charge in [0, 0.05) is 36.2 Å². The van der Waals surface area contributed by atoms with E-state index in [0.29, 0.717) is 30.8 Å². The van der Waals surface area contributed by atoms with E-state index in [9.17, 15) is 14.9 Å². The molecule has 6 nitrogen and oxygen atoms in total. The van der Waals surface area contributed by atoms with Gasteiger partial charge in [0.25, 0.3) is 11.6 Å². The molecule has 0 spiro atoms. The van der Waals surface area contributed by atoms with Crippen LogP contribution in [0.5, 0.6) is 0 Å². The molecule has 7 heteroatoms. The number of amides is 1. The maximum Gasteiger partial charge on any atom is 0.272 e. The Labute approximate surface area is 158 Å². The average molecular weight is 376 g/mol. The third kappa shape index (κ3) is 3.86. The minimum atomic E-state index is -0.435. The topological polar surface area (TPSA) is 89.5 Å². The summed E-state index contributed by atoms with van der Waals surface area (Å²) in [5.74, 6) is 0.328. The smallest absolute Gasteiger partial charge is 0.272 e. The summed E-state index contributed by atoms with van der Waals surface area (Å²) in [6.45, 7) is 3.38. The van der Waals surface area contributed by atoms with Gasteiger partial charge in [-0.05, 0) is 37.1 Å². The summed E-state index contributed by atoms with van der Waals surface area (Å²) in [6, 6.07) is 14.6. The zero-order chi connectivity index (χ0) is 18.0. The molecular formula is C19H22ClN3O3. The van der Waals surface area contributed by atoms with Crippen molar-refractivity contribution in [3.63, 3.8) is 0 Å². The molecule has 2 aromatic carbocycles. The van der Waals surface area contributed by atoms with E-state index in [0.717, 1.165) is 0 Å². The van der Waals surface area contributed by atoms with Crippen LogP contribution in [-0.2, 0) is 0 Å². The fraction of sp³-hybridized carbons (Fsp3) is 0.316. The normalized spacial score (nSPS) is 19.1. The number of rotatable bonds is 4. The summed E-state index contributed by atoms with van der Waals surface area (Å²) < 4.78 is 0. The van der Waals surface area contributed by atoms with Crippen LogP contribution >= 0.6 is 12.4 Å². The highest BCUT2D eigenvalue weighted by atomic mass is 35.5. The highest BCUT2D eigenvalue weighted by Crippen LogP contribution is 2.33. The second kappa shape index (κ2) is 8.29. The Morgan fingerprint density at radius 1 is 1.23 bits per heavy atom. The molecular weight excluding hydrogens is 354 g/mol. The van der Waals surface area contributed by atoms with E-state index in [1.54, 1.807) is 17.9 Å². The molecule has 0 saturated carbocycles. The van der Waals surface area contributed by atoms with E-state index in [-0.39, 0.29) is 35.8 Å². The lowest BCUT2D eigenvalue weighted by Crippen LogP contribution is -2.29. The molecule has 2 aromatic rings. The second-order valence-electron chi connectivity index (χ2n) is 6.48. The third-order valence-corrected chi connectivity index (χ3v) is 4.90. The van der Waals surface area contributed by atoms with Gasteiger partial charge in [0.1, 0.15) is 0 Å². The van der Waals surface area contributed by atoms with Crippen molar-refractivity contribution in [3.8, 4) is 0 Å². The number of nitrogens with two attached hydrogens (primary N) is 1. The van der Waals surface area contributed by atoms with E-state index in [1.807, 2.05) is 18.2 Å². The first-order valence-corrected chi connectivity index (χ1v) is 8.30. The number of halogens is 1. The number of nitro groups is 1. The lowest BCUT2D eigenvalue weighted by atomic mass is 9.89. The molecule has 0 unspecified atom stereocenters. The number of aryl methyl sites for hydroxylation is 1. The number of nitro benzene ring substituents is 1. The molecule has 138 valence electrons. The van der Waals surface area contributed by atoms with Crippen molar-refractivity contribution in [1.82, 2.24) is 4.90 Å². The van der Waals surface area contributed by atoms with Gasteiger partial charge in [-0.2, -0.15) is 0 Å². The Morgan fingerprint density at radius 3 is 2.50 bits per heavy atom. The molecule has 1 aliphatic heterocycles. The zero-order valence-corrected chi connectivity index (χ0v) is 15.3. The van der Waals surface area contributed by atoms with Crippen LogP contribution in [-0.4, -0.2) is 35.4 Å². The van der Waals surface area contributed by atoms with Crippen LogP contribution in [0.3, 0.4) is 0 Å². The summed E-state index contributed by atoms with van der Waals surface area (Å²) in [5.41, 5.74) is 8.11. The molecule has 1 aliphatic rings. The number of carbonyl (C=O) groups is 1. The first-order chi connectivity index (χ1) is 12.0. The van der Waals surface area contributed by atoms with Gasteiger partial charge in [0.05, 0.1) is 4.92 Å². The Morgan fingerprint density at radius 2 is 1.92 bits per heavy atom. The van der Waals surface area contributed by atoms with Gasteiger partial charge < -0.3 is 10.6 Å². The summed E-state index contributed by atoms with van der Waals surface area (Å²) in [6.07, 6.45) is 0. The molecule has 2 N–H and O–H groups in total. The van der Waals surface area contributed by atoms with Crippen molar-refractivity contribution in [2.75, 3.05) is 19.6 Å². The maximum atomic E-state index is 12.8. The molecule has 1 saturated heterocycles. The van der Waals surface area contributed by atoms with Gasteiger partial charge in [-0.25, -0.2) is 0 Å². The summed E-state index contributed by atoms with van der Waals surface area (Å²) in [7, 11) is 0. The van der Waals surface area contributed by atoms with E-state index >= 15 is 0 Å². The van der Waals surface area contributed by atoms with Crippen LogP contribution in [0.2, 0.25) is 0 Å². The molecule has 0 aliphatic carbocycles. The number of nitrogens with zero attached hydrogens (tertiary/aromatic N) is 2. The van der Waals surface area contributed by atoms with E-state index < -0.39 is 4.92 Å². The first-order valence-electron chi connectivity index (χ1n) is 8.30. The van der Waals surface area contributed by atoms with E-state index in [4.69, 9.17) is 5.73 Å². The van der Waals surface area contributed by atoms with Crippen LogP contribution in [0, 0.1) is 23.0 Å². The Hall–Kier alpha value is -2.44. The number of hydrogen-bond donors (Lipinski definition) is 1. The Bertz CT molecular complexity index is 798. The second-order valence-corrected chi connectivity index (χ2v) is 6.48. The minimum absolute atomic E-state index is 0. The van der Waals surface area contributed by atoms with Crippen molar-refractivity contribution in [3.05, 3.63) is 75.3 Å². The molecule has 3 rings (SSSR count). The van der Waals surface area contributed by atoms with Crippen molar-refractivity contribution in [1.29, 1.82) is 0 Å². The van der Waals surface area contributed by atoms with Gasteiger partial charge >= 0.3 is 0 Å². The highest BCUT2D eigenvalue weighted by Gasteiger charge is 2.35. The summed E-state index contributed by atoms with van der Waals surface area (Å²) in [4.78, 5) is 25.1. The lowest BCUT2D eigenvalue weighted by molar-refractivity contribution is -0.385. The predicted molar refractivity (Wildman–Crippen MR) is 103 cm³/mol. The largest absolute Gasteiger partial charge is 0.338 e. The fourth-order valence-electron chi connectivity index (χ4n) is 3.53. The molecule has 0 radical (unpaired) electrons. The summed E-state index contributed by atoms with van der Waals surface area (Å²) >= 11 is 0. The Balaban J connectivity index is 0.00000243. The average Bonchev–Trinajstić information content (AvgIpc) is 3.05. The maximum absolute atomic E-state index is 12.8. The van der Waals surface area contributed by atoms with Crippen LogP contribution in [0.15, 0.2) is 48.5 Å². The standard InChI is InChI=1S/C19H21N3O3.ClH/c1-13-9-15(7-8-18(13)22(24)25)19(23)21-11-16(10-20)17(12-21)14-5-3-2-4-6-14;/h2-9,16-17H,10-12,20H2,1H3;1H/t16-,17+;/m1./s1. The van der Waals surface area contributed by atoms with Gasteiger partial charge in [0.15, 0.2) is 0 Å². The van der Waals surface area contributed by atoms with Crippen molar-refractivity contribution in [2.24, 2.45) is 11.7 Å². The minimum Gasteiger partial charge on any atom is -0.338 e. The van der Waals surface area contributed by atoms with E-state index in [1.165, 1.54) is 17.7 Å². The highest BCUT2D eigenvalue weighted by molar-refractivity contribution is 5.95. The fourth-order valence-corrected chi connectivity index (χ4v) is 3.53. The van der Waals surface area contributed by atoms with Crippen LogP contribution in [0.1, 0.15) is 27.4 Å². The van der Waals surface area contributed by atoms with Crippen LogP contribution in [0.25, 0.3) is 0 Å². The molecule has 2 atom stereocenters. The predicted octanol–water partition coefficient (Wildman–Crippen LogP) is 3.14. The first kappa shape index (κ1) is 19.9. The van der Waals surface area contributed by atoms with Gasteiger partial charge in [-0.3, -0.25) is 14.9 Å². The Kier molecular flexibility index (Phi) is 6.34. The summed E-state index contributed by atoms with van der Waals surface area (Å²) in [5, 5.41) is 10.9. The van der Waals surface area contributed by atoms with E-state index in [2.05, 4.69) is 12.1 Å². The monoisotopic (exact) mass is 375 g/mol. The van der Waals surface area contributed by atoms with Crippen LogP contribution < -0.4 is 5.73 Å². The zero-order valence-electron chi connectivity index (χ0n) is 14.5. The van der Waals surface area contributed by atoms with Gasteiger partial charge in [-0.15, -0.1) is 12.4 Å². The molecule has 1 amide bonds. The third-order valence-electron chi connectivity index (χ3n) is 4.90. The molecule has 0 bridgehead atoms. The molecule has 26 heavy (non-hydrogen) atoms. The van der Waals surface area contributed by atoms with Crippen molar-refractivity contribution in [2.45, 2.75) is 12.8 Å². The lowest BCUT2D eigenvalue weighted by Gasteiger charge is -2.17. The van der Waals surface area contributed by atoms with Crippen molar-refractivity contribution < 1.29 is 9.72 Å². The number of carbonyl (C=O) groups excluding carboxylic acids is 1. The molecule has 0 aromatic heterocycles. The van der Waals surface area contributed by atoms with Gasteiger partial charge in [-0.1, -0.05) is 30.3 Å². The number of likely N-dealkylation sites (tertiary alicyclic amines) is 1.